The first kappa shape index (κ1) is 22.3. The number of aryl methyl sites for hydroxylation is 6. The lowest BCUT2D eigenvalue weighted by atomic mass is 10.0. The number of aromatic nitrogens is 2. The van der Waals surface area contributed by atoms with Crippen molar-refractivity contribution in [3.63, 3.8) is 0 Å². The second-order valence-electron chi connectivity index (χ2n) is 9.30. The standard InChI is InChI=1S/C28H36N4/c1-8-31(26-21(5)16-19(3)17-22(26)6)28-29-23(7)24-11-9-10-14-32(27(24)30-28)25-13-12-18(2)15-20(25)4/h12-13,15-17H,8-11,14H2,1-7H3. The Kier molecular flexibility index (Phi) is 6.23. The highest BCUT2D eigenvalue weighted by Gasteiger charge is 2.25. The van der Waals surface area contributed by atoms with Crippen molar-refractivity contribution in [1.29, 1.82) is 0 Å². The third-order valence-electron chi connectivity index (χ3n) is 6.60. The molecule has 1 aromatic heterocycles. The van der Waals surface area contributed by atoms with Crippen LogP contribution in [-0.2, 0) is 6.42 Å². The maximum absolute atomic E-state index is 5.25. The largest absolute Gasteiger partial charge is 0.326 e. The molecule has 0 radical (unpaired) electrons. The van der Waals surface area contributed by atoms with E-state index in [1.165, 1.54) is 51.2 Å². The van der Waals surface area contributed by atoms with Crippen LogP contribution in [-0.4, -0.2) is 23.1 Å². The van der Waals surface area contributed by atoms with Crippen molar-refractivity contribution in [1.82, 2.24) is 9.97 Å². The molecule has 32 heavy (non-hydrogen) atoms. The van der Waals surface area contributed by atoms with Crippen LogP contribution in [0, 0.1) is 41.5 Å². The molecule has 0 unspecified atom stereocenters. The highest BCUT2D eigenvalue weighted by atomic mass is 15.3. The molecule has 0 fully saturated rings. The van der Waals surface area contributed by atoms with Gasteiger partial charge in [0.1, 0.15) is 5.82 Å². The number of rotatable bonds is 4. The first-order valence-electron chi connectivity index (χ1n) is 11.9. The SMILES string of the molecule is CCN(c1nc(C)c2c(n1)N(c1ccc(C)cc1C)CCCC2)c1c(C)cc(C)cc1C. The zero-order valence-corrected chi connectivity index (χ0v) is 20.7. The normalized spacial score (nSPS) is 13.7. The van der Waals surface area contributed by atoms with Crippen molar-refractivity contribution >= 4 is 23.1 Å². The van der Waals surface area contributed by atoms with Crippen LogP contribution in [0.4, 0.5) is 23.1 Å². The summed E-state index contributed by atoms with van der Waals surface area (Å²) in [6.07, 6.45) is 3.37. The summed E-state index contributed by atoms with van der Waals surface area (Å²) in [7, 11) is 0. The predicted octanol–water partition coefficient (Wildman–Crippen LogP) is 6.96. The van der Waals surface area contributed by atoms with E-state index in [9.17, 15) is 0 Å². The molecule has 4 rings (SSSR count). The van der Waals surface area contributed by atoms with Gasteiger partial charge < -0.3 is 9.80 Å². The van der Waals surface area contributed by atoms with Gasteiger partial charge >= 0.3 is 0 Å². The molecular formula is C28H36N4. The Balaban J connectivity index is 1.88. The van der Waals surface area contributed by atoms with Crippen molar-refractivity contribution in [3.05, 3.63) is 69.4 Å². The maximum atomic E-state index is 5.25. The van der Waals surface area contributed by atoms with Crippen LogP contribution in [0.15, 0.2) is 30.3 Å². The van der Waals surface area contributed by atoms with Crippen molar-refractivity contribution in [2.24, 2.45) is 0 Å². The number of nitrogens with zero attached hydrogens (tertiary/aromatic N) is 4. The molecule has 0 saturated heterocycles. The van der Waals surface area contributed by atoms with Gasteiger partial charge in [-0.15, -0.1) is 0 Å². The van der Waals surface area contributed by atoms with E-state index in [1.54, 1.807) is 0 Å². The van der Waals surface area contributed by atoms with Crippen LogP contribution in [0.1, 0.15) is 58.8 Å². The zero-order valence-electron chi connectivity index (χ0n) is 20.7. The van der Waals surface area contributed by atoms with Gasteiger partial charge in [0.05, 0.1) is 0 Å². The van der Waals surface area contributed by atoms with Gasteiger partial charge in [0, 0.05) is 35.7 Å². The summed E-state index contributed by atoms with van der Waals surface area (Å²) >= 11 is 0. The van der Waals surface area contributed by atoms with Gasteiger partial charge in [0.25, 0.3) is 0 Å². The number of hydrogen-bond donors (Lipinski definition) is 0. The Morgan fingerprint density at radius 1 is 0.844 bits per heavy atom. The summed E-state index contributed by atoms with van der Waals surface area (Å²) in [5, 5.41) is 0. The quantitative estimate of drug-likeness (QED) is 0.450. The van der Waals surface area contributed by atoms with E-state index in [0.29, 0.717) is 0 Å². The minimum Gasteiger partial charge on any atom is -0.326 e. The summed E-state index contributed by atoms with van der Waals surface area (Å²) in [4.78, 5) is 15.0. The van der Waals surface area contributed by atoms with Crippen molar-refractivity contribution in [2.75, 3.05) is 22.9 Å². The van der Waals surface area contributed by atoms with E-state index in [4.69, 9.17) is 9.97 Å². The lowest BCUT2D eigenvalue weighted by Gasteiger charge is -2.30. The molecular weight excluding hydrogens is 392 g/mol. The second-order valence-corrected chi connectivity index (χ2v) is 9.30. The fraction of sp³-hybridized carbons (Fsp3) is 0.429. The van der Waals surface area contributed by atoms with Crippen LogP contribution >= 0.6 is 0 Å². The van der Waals surface area contributed by atoms with Gasteiger partial charge in [-0.3, -0.25) is 0 Å². The summed E-state index contributed by atoms with van der Waals surface area (Å²) in [6.45, 7) is 17.1. The Hall–Kier alpha value is -2.88. The molecule has 1 aliphatic heterocycles. The lowest BCUT2D eigenvalue weighted by molar-refractivity contribution is 0.757. The van der Waals surface area contributed by atoms with Crippen LogP contribution in [0.5, 0.6) is 0 Å². The summed E-state index contributed by atoms with van der Waals surface area (Å²) < 4.78 is 0. The smallest absolute Gasteiger partial charge is 0.232 e. The average Bonchev–Trinajstić information content (AvgIpc) is 2.93. The third-order valence-corrected chi connectivity index (χ3v) is 6.60. The molecule has 4 nitrogen and oxygen atoms in total. The van der Waals surface area contributed by atoms with Crippen molar-refractivity contribution in [2.45, 2.75) is 67.7 Å². The highest BCUT2D eigenvalue weighted by Crippen LogP contribution is 2.37. The van der Waals surface area contributed by atoms with Gasteiger partial charge in [-0.25, -0.2) is 4.98 Å². The van der Waals surface area contributed by atoms with E-state index in [2.05, 4.69) is 88.6 Å². The lowest BCUT2D eigenvalue weighted by Crippen LogP contribution is -2.25. The summed E-state index contributed by atoms with van der Waals surface area (Å²) in [5.41, 5.74) is 11.3. The fourth-order valence-electron chi connectivity index (χ4n) is 5.22. The minimum atomic E-state index is 0.801. The molecule has 0 spiro atoms. The molecule has 0 saturated carbocycles. The molecule has 1 aliphatic rings. The maximum Gasteiger partial charge on any atom is 0.232 e. The molecule has 2 aromatic carbocycles. The molecule has 2 heterocycles. The van der Waals surface area contributed by atoms with E-state index in [0.717, 1.165) is 43.4 Å². The number of benzene rings is 2. The molecule has 0 atom stereocenters. The van der Waals surface area contributed by atoms with E-state index in [1.807, 2.05) is 0 Å². The number of hydrogen-bond acceptors (Lipinski definition) is 4. The Morgan fingerprint density at radius 3 is 2.19 bits per heavy atom. The molecule has 0 bridgehead atoms. The summed E-state index contributed by atoms with van der Waals surface area (Å²) in [6, 6.07) is 11.2. The van der Waals surface area contributed by atoms with Gasteiger partial charge in [-0.1, -0.05) is 35.4 Å². The van der Waals surface area contributed by atoms with E-state index >= 15 is 0 Å². The van der Waals surface area contributed by atoms with Gasteiger partial charge in [0.2, 0.25) is 5.95 Å². The predicted molar refractivity (Wildman–Crippen MR) is 136 cm³/mol. The molecule has 4 heteroatoms. The average molecular weight is 429 g/mol. The van der Waals surface area contributed by atoms with Crippen molar-refractivity contribution in [3.8, 4) is 0 Å². The first-order chi connectivity index (χ1) is 15.3. The number of anilines is 4. The van der Waals surface area contributed by atoms with Crippen LogP contribution < -0.4 is 9.80 Å². The molecule has 3 aromatic rings. The zero-order chi connectivity index (χ0) is 23.0. The Morgan fingerprint density at radius 2 is 1.53 bits per heavy atom. The van der Waals surface area contributed by atoms with Gasteiger partial charge in [0.15, 0.2) is 0 Å². The third kappa shape index (κ3) is 4.11. The monoisotopic (exact) mass is 428 g/mol. The van der Waals surface area contributed by atoms with E-state index in [-0.39, 0.29) is 0 Å². The van der Waals surface area contributed by atoms with Crippen molar-refractivity contribution < 1.29 is 0 Å². The van der Waals surface area contributed by atoms with Gasteiger partial charge in [-0.05, 0) is 90.5 Å². The van der Waals surface area contributed by atoms with E-state index < -0.39 is 0 Å². The van der Waals surface area contributed by atoms with Crippen LogP contribution in [0.2, 0.25) is 0 Å². The minimum absolute atomic E-state index is 0.801. The number of fused-ring (bicyclic) bond motifs is 1. The summed E-state index contributed by atoms with van der Waals surface area (Å²) in [5.74, 6) is 1.88. The second kappa shape index (κ2) is 8.93. The Labute approximate surface area is 193 Å². The van der Waals surface area contributed by atoms with Crippen LogP contribution in [0.25, 0.3) is 0 Å². The first-order valence-corrected chi connectivity index (χ1v) is 11.9. The Bertz CT molecular complexity index is 1130. The fourth-order valence-corrected chi connectivity index (χ4v) is 5.22. The molecule has 168 valence electrons. The molecule has 0 aliphatic carbocycles. The molecule has 0 amide bonds. The highest BCUT2D eigenvalue weighted by molar-refractivity contribution is 5.71. The van der Waals surface area contributed by atoms with Gasteiger partial charge in [-0.2, -0.15) is 4.98 Å². The molecule has 0 N–H and O–H groups in total. The topological polar surface area (TPSA) is 32.3 Å². The van der Waals surface area contributed by atoms with Crippen LogP contribution in [0.3, 0.4) is 0 Å².